The number of aromatic nitrogens is 3. The zero-order valence-electron chi connectivity index (χ0n) is 14.0. The number of aryl methyl sites for hydroxylation is 2. The molecule has 0 unspecified atom stereocenters. The topological polar surface area (TPSA) is 42.2 Å². The van der Waals surface area contributed by atoms with Gasteiger partial charge in [-0.2, -0.15) is 0 Å². The smallest absolute Gasteiger partial charge is 0.157 e. The summed E-state index contributed by atoms with van der Waals surface area (Å²) in [4.78, 5) is 8.93. The van der Waals surface area contributed by atoms with Crippen molar-refractivity contribution in [1.82, 2.24) is 14.4 Å². The third-order valence-electron chi connectivity index (χ3n) is 4.19. The number of rotatable bonds is 3. The first-order valence-corrected chi connectivity index (χ1v) is 8.42. The van der Waals surface area contributed by atoms with E-state index < -0.39 is 0 Å². The van der Waals surface area contributed by atoms with Gasteiger partial charge in [0.1, 0.15) is 11.5 Å². The molecule has 0 aliphatic rings. The number of nitrogens with zero attached hydrogens (tertiary/aromatic N) is 3. The maximum atomic E-state index is 6.27. The van der Waals surface area contributed by atoms with Crippen molar-refractivity contribution in [2.75, 3.05) is 5.32 Å². The summed E-state index contributed by atoms with van der Waals surface area (Å²) < 4.78 is 2.00. The normalized spacial score (nSPS) is 11.0. The molecule has 2 aromatic carbocycles. The van der Waals surface area contributed by atoms with Gasteiger partial charge in [-0.25, -0.2) is 4.98 Å². The highest BCUT2D eigenvalue weighted by Gasteiger charge is 2.14. The summed E-state index contributed by atoms with van der Waals surface area (Å²) in [5.74, 6) is 0.890. The van der Waals surface area contributed by atoms with Crippen LogP contribution in [0.4, 0.5) is 11.5 Å². The van der Waals surface area contributed by atoms with Crippen molar-refractivity contribution in [3.63, 3.8) is 0 Å². The Labute approximate surface area is 151 Å². The lowest BCUT2D eigenvalue weighted by Gasteiger charge is -2.10. The van der Waals surface area contributed by atoms with E-state index in [0.29, 0.717) is 0 Å². The highest BCUT2D eigenvalue weighted by Crippen LogP contribution is 2.32. The first-order chi connectivity index (χ1) is 12.1. The van der Waals surface area contributed by atoms with Gasteiger partial charge < -0.3 is 5.32 Å². The molecule has 4 aromatic rings. The molecule has 0 bridgehead atoms. The Bertz CT molecular complexity index is 1050. The third kappa shape index (κ3) is 2.96. The average molecular weight is 349 g/mol. The Morgan fingerprint density at radius 1 is 1.04 bits per heavy atom. The van der Waals surface area contributed by atoms with Gasteiger partial charge in [0.05, 0.1) is 6.20 Å². The van der Waals surface area contributed by atoms with Crippen molar-refractivity contribution < 1.29 is 0 Å². The molecular weight excluding hydrogens is 332 g/mol. The molecule has 0 aliphatic heterocycles. The van der Waals surface area contributed by atoms with E-state index in [-0.39, 0.29) is 0 Å². The first kappa shape index (κ1) is 15.7. The molecule has 0 saturated heterocycles. The van der Waals surface area contributed by atoms with Crippen LogP contribution >= 0.6 is 11.6 Å². The summed E-state index contributed by atoms with van der Waals surface area (Å²) in [5, 5.41) is 4.20. The molecule has 2 heterocycles. The van der Waals surface area contributed by atoms with E-state index >= 15 is 0 Å². The largest absolute Gasteiger partial charge is 0.339 e. The van der Waals surface area contributed by atoms with E-state index in [2.05, 4.69) is 41.5 Å². The number of anilines is 2. The van der Waals surface area contributed by atoms with Crippen LogP contribution in [-0.2, 0) is 0 Å². The minimum absolute atomic E-state index is 0.734. The van der Waals surface area contributed by atoms with E-state index in [1.165, 1.54) is 5.56 Å². The van der Waals surface area contributed by atoms with Crippen LogP contribution in [0.25, 0.3) is 16.9 Å². The summed E-state index contributed by atoms with van der Waals surface area (Å²) in [6.07, 6.45) is 5.41. The second-order valence-corrected chi connectivity index (χ2v) is 6.48. The predicted octanol–water partition coefficient (Wildman–Crippen LogP) is 5.41. The highest BCUT2D eigenvalue weighted by atomic mass is 35.5. The summed E-state index contributed by atoms with van der Waals surface area (Å²) in [6.45, 7) is 4.06. The van der Waals surface area contributed by atoms with Crippen molar-refractivity contribution >= 4 is 28.8 Å². The van der Waals surface area contributed by atoms with Crippen molar-refractivity contribution in [3.8, 4) is 11.3 Å². The van der Waals surface area contributed by atoms with Gasteiger partial charge in [-0.3, -0.25) is 9.38 Å². The zero-order chi connectivity index (χ0) is 17.4. The van der Waals surface area contributed by atoms with Crippen LogP contribution < -0.4 is 5.32 Å². The van der Waals surface area contributed by atoms with Gasteiger partial charge in [0.25, 0.3) is 0 Å². The zero-order valence-corrected chi connectivity index (χ0v) is 14.7. The van der Waals surface area contributed by atoms with E-state index in [4.69, 9.17) is 16.6 Å². The minimum Gasteiger partial charge on any atom is -0.339 e. The predicted molar refractivity (Wildman–Crippen MR) is 103 cm³/mol. The molecular formula is C20H17ClN4. The molecule has 1 N–H and O–H groups in total. The molecule has 4 nitrogen and oxygen atoms in total. The lowest BCUT2D eigenvalue weighted by molar-refractivity contribution is 1.13. The summed E-state index contributed by atoms with van der Waals surface area (Å²) in [5.41, 5.74) is 5.91. The van der Waals surface area contributed by atoms with Crippen molar-refractivity contribution in [1.29, 1.82) is 0 Å². The van der Waals surface area contributed by atoms with E-state index in [1.54, 1.807) is 12.4 Å². The first-order valence-electron chi connectivity index (χ1n) is 8.04. The van der Waals surface area contributed by atoms with Crippen LogP contribution in [0.1, 0.15) is 11.1 Å². The van der Waals surface area contributed by atoms with Gasteiger partial charge in [0.2, 0.25) is 0 Å². The number of benzene rings is 2. The van der Waals surface area contributed by atoms with Gasteiger partial charge in [0.15, 0.2) is 5.65 Å². The molecule has 0 saturated carbocycles. The van der Waals surface area contributed by atoms with Crippen LogP contribution in [0.2, 0.25) is 5.02 Å². The lowest BCUT2D eigenvalue weighted by atomic mass is 10.1. The Morgan fingerprint density at radius 3 is 2.60 bits per heavy atom. The van der Waals surface area contributed by atoms with E-state index in [0.717, 1.165) is 39.0 Å². The average Bonchev–Trinajstić information content (AvgIpc) is 2.97. The SMILES string of the molecule is Cc1ccc(-c2nc3cnccn3c2Nc2ccc(C)c(Cl)c2)cc1. The Morgan fingerprint density at radius 2 is 1.84 bits per heavy atom. The van der Waals surface area contributed by atoms with Crippen molar-refractivity contribution in [2.45, 2.75) is 13.8 Å². The highest BCUT2D eigenvalue weighted by molar-refractivity contribution is 6.31. The summed E-state index contributed by atoms with van der Waals surface area (Å²) in [6, 6.07) is 14.3. The second kappa shape index (κ2) is 6.22. The van der Waals surface area contributed by atoms with E-state index in [9.17, 15) is 0 Å². The fourth-order valence-corrected chi connectivity index (χ4v) is 2.93. The van der Waals surface area contributed by atoms with Gasteiger partial charge in [-0.15, -0.1) is 0 Å². The van der Waals surface area contributed by atoms with Gasteiger partial charge >= 0.3 is 0 Å². The fourth-order valence-electron chi connectivity index (χ4n) is 2.75. The molecule has 4 rings (SSSR count). The molecule has 0 amide bonds. The quantitative estimate of drug-likeness (QED) is 0.538. The Kier molecular flexibility index (Phi) is 3.90. The summed E-state index contributed by atoms with van der Waals surface area (Å²) in [7, 11) is 0. The molecule has 0 radical (unpaired) electrons. The van der Waals surface area contributed by atoms with Crippen LogP contribution in [-0.4, -0.2) is 14.4 Å². The monoisotopic (exact) mass is 348 g/mol. The molecule has 2 aromatic heterocycles. The maximum absolute atomic E-state index is 6.27. The van der Waals surface area contributed by atoms with Gasteiger partial charge in [-0.05, 0) is 31.5 Å². The van der Waals surface area contributed by atoms with Crippen molar-refractivity contribution in [2.24, 2.45) is 0 Å². The van der Waals surface area contributed by atoms with Crippen LogP contribution in [0.3, 0.4) is 0 Å². The standard InChI is InChI=1S/C20H17ClN4/c1-13-3-6-15(7-4-13)19-20(25-10-9-22-12-18(25)24-19)23-16-8-5-14(2)17(21)11-16/h3-12,23H,1-2H3. The van der Waals surface area contributed by atoms with Crippen molar-refractivity contribution in [3.05, 3.63) is 77.2 Å². The summed E-state index contributed by atoms with van der Waals surface area (Å²) >= 11 is 6.27. The Balaban J connectivity index is 1.87. The lowest BCUT2D eigenvalue weighted by Crippen LogP contribution is -1.97. The third-order valence-corrected chi connectivity index (χ3v) is 4.60. The van der Waals surface area contributed by atoms with Crippen LogP contribution in [0.15, 0.2) is 61.1 Å². The second-order valence-electron chi connectivity index (χ2n) is 6.07. The molecule has 0 fully saturated rings. The molecule has 124 valence electrons. The van der Waals surface area contributed by atoms with Crippen LogP contribution in [0.5, 0.6) is 0 Å². The van der Waals surface area contributed by atoms with Crippen LogP contribution in [0, 0.1) is 13.8 Å². The minimum atomic E-state index is 0.734. The number of nitrogens with one attached hydrogen (secondary N) is 1. The van der Waals surface area contributed by atoms with Gasteiger partial charge in [0, 0.05) is 28.7 Å². The van der Waals surface area contributed by atoms with E-state index in [1.807, 2.05) is 35.7 Å². The molecule has 5 heteroatoms. The number of hydrogen-bond acceptors (Lipinski definition) is 3. The van der Waals surface area contributed by atoms with Gasteiger partial charge in [-0.1, -0.05) is 47.5 Å². The maximum Gasteiger partial charge on any atom is 0.157 e. The number of fused-ring (bicyclic) bond motifs is 1. The molecule has 0 atom stereocenters. The number of imidazole rings is 1. The number of halogens is 1. The molecule has 0 spiro atoms. The molecule has 0 aliphatic carbocycles. The molecule has 25 heavy (non-hydrogen) atoms. The Hall–Kier alpha value is -2.85. The number of hydrogen-bond donors (Lipinski definition) is 1. The fraction of sp³-hybridized carbons (Fsp3) is 0.100.